The molecule has 1 fully saturated rings. The molecule has 0 atom stereocenters. The van der Waals surface area contributed by atoms with E-state index in [1.54, 1.807) is 6.08 Å². The molecule has 1 rings (SSSR count). The minimum absolute atomic E-state index is 0.362. The van der Waals surface area contributed by atoms with Crippen LogP contribution in [0, 0.1) is 0 Å². The highest BCUT2D eigenvalue weighted by atomic mass is 19.4. The maximum absolute atomic E-state index is 12.2. The van der Waals surface area contributed by atoms with E-state index in [4.69, 9.17) is 5.73 Å². The van der Waals surface area contributed by atoms with Crippen LogP contribution in [0.15, 0.2) is 36.7 Å². The second-order valence-corrected chi connectivity index (χ2v) is 4.13. The van der Waals surface area contributed by atoms with E-state index >= 15 is 0 Å². The van der Waals surface area contributed by atoms with Crippen LogP contribution in [0.2, 0.25) is 0 Å². The first-order valence-corrected chi connectivity index (χ1v) is 6.66. The lowest BCUT2D eigenvalue weighted by molar-refractivity contribution is -0.148. The third-order valence-corrected chi connectivity index (χ3v) is 2.82. The van der Waals surface area contributed by atoms with Gasteiger partial charge in [-0.1, -0.05) is 27.0 Å². The Morgan fingerprint density at radius 2 is 1.60 bits per heavy atom. The first kappa shape index (κ1) is 18.6. The van der Waals surface area contributed by atoms with Crippen LogP contribution in [0.4, 0.5) is 13.2 Å². The highest BCUT2D eigenvalue weighted by Crippen LogP contribution is 2.19. The van der Waals surface area contributed by atoms with Crippen molar-refractivity contribution in [1.29, 1.82) is 0 Å². The number of hydrogen-bond acceptors (Lipinski definition) is 3. The van der Waals surface area contributed by atoms with E-state index in [1.165, 1.54) is 11.0 Å². The summed E-state index contributed by atoms with van der Waals surface area (Å²) in [7, 11) is 0. The van der Waals surface area contributed by atoms with E-state index < -0.39 is 12.7 Å². The molecule has 20 heavy (non-hydrogen) atoms. The third kappa shape index (κ3) is 6.14. The molecule has 0 bridgehead atoms. The van der Waals surface area contributed by atoms with Gasteiger partial charge in [0.2, 0.25) is 0 Å². The van der Waals surface area contributed by atoms with E-state index in [2.05, 4.69) is 13.2 Å². The van der Waals surface area contributed by atoms with Crippen LogP contribution < -0.4 is 5.73 Å². The highest BCUT2D eigenvalue weighted by Gasteiger charge is 2.32. The van der Waals surface area contributed by atoms with Crippen molar-refractivity contribution in [2.45, 2.75) is 20.0 Å². The Morgan fingerprint density at radius 1 is 1.10 bits per heavy atom. The Bertz CT molecular complexity index is 340. The molecule has 3 nitrogen and oxygen atoms in total. The van der Waals surface area contributed by atoms with Crippen molar-refractivity contribution in [2.24, 2.45) is 5.73 Å². The average Bonchev–Trinajstić information content (AvgIpc) is 2.42. The Balaban J connectivity index is 0.00000172. The number of piperazine rings is 1. The van der Waals surface area contributed by atoms with Crippen LogP contribution in [-0.2, 0) is 0 Å². The monoisotopic (exact) mass is 291 g/mol. The zero-order chi connectivity index (χ0) is 15.8. The lowest BCUT2D eigenvalue weighted by atomic mass is 10.2. The van der Waals surface area contributed by atoms with Crippen molar-refractivity contribution in [3.63, 3.8) is 0 Å². The van der Waals surface area contributed by atoms with Crippen LogP contribution in [0.3, 0.4) is 0 Å². The van der Waals surface area contributed by atoms with Crippen molar-refractivity contribution in [1.82, 2.24) is 9.80 Å². The molecule has 0 unspecified atom stereocenters. The fourth-order valence-corrected chi connectivity index (χ4v) is 1.93. The molecule has 1 saturated heterocycles. The maximum Gasteiger partial charge on any atom is 0.401 e. The number of nitrogens with two attached hydrogens (primary N) is 1. The minimum Gasteiger partial charge on any atom is -0.397 e. The van der Waals surface area contributed by atoms with Crippen LogP contribution in [-0.4, -0.2) is 48.7 Å². The van der Waals surface area contributed by atoms with Gasteiger partial charge in [-0.3, -0.25) is 4.90 Å². The lowest BCUT2D eigenvalue weighted by Gasteiger charge is -2.37. The summed E-state index contributed by atoms with van der Waals surface area (Å²) in [5.41, 5.74) is 6.98. The number of rotatable bonds is 4. The normalized spacial score (nSPS) is 17.8. The van der Waals surface area contributed by atoms with Crippen LogP contribution in [0.5, 0.6) is 0 Å². The van der Waals surface area contributed by atoms with E-state index in [9.17, 15) is 13.2 Å². The average molecular weight is 291 g/mol. The first-order chi connectivity index (χ1) is 9.37. The quantitative estimate of drug-likeness (QED) is 0.808. The zero-order valence-electron chi connectivity index (χ0n) is 12.2. The van der Waals surface area contributed by atoms with Gasteiger partial charge in [0.25, 0.3) is 0 Å². The summed E-state index contributed by atoms with van der Waals surface area (Å²) in [6.45, 7) is 12.1. The molecule has 0 radical (unpaired) electrons. The highest BCUT2D eigenvalue weighted by molar-refractivity contribution is 5.28. The minimum atomic E-state index is -4.14. The summed E-state index contributed by atoms with van der Waals surface area (Å²) in [6.07, 6.45) is -1.02. The number of nitrogens with zero attached hydrogens (tertiary/aromatic N) is 2. The molecule has 0 aromatic heterocycles. The molecular formula is C14H24F3N3. The Kier molecular flexibility index (Phi) is 8.06. The molecule has 6 heteroatoms. The molecule has 0 aromatic rings. The van der Waals surface area contributed by atoms with Crippen LogP contribution in [0.25, 0.3) is 0 Å². The third-order valence-electron chi connectivity index (χ3n) is 2.82. The molecule has 1 aliphatic heterocycles. The molecule has 116 valence electrons. The zero-order valence-corrected chi connectivity index (χ0v) is 12.2. The van der Waals surface area contributed by atoms with Gasteiger partial charge < -0.3 is 10.6 Å². The molecule has 1 heterocycles. The number of alkyl halides is 3. The molecule has 0 aromatic carbocycles. The van der Waals surface area contributed by atoms with Gasteiger partial charge in [0.05, 0.1) is 17.9 Å². The molecule has 2 N–H and O–H groups in total. The van der Waals surface area contributed by atoms with Crippen molar-refractivity contribution in [2.75, 3.05) is 32.7 Å². The molecule has 0 aliphatic carbocycles. The molecule has 0 saturated carbocycles. The Labute approximate surface area is 119 Å². The SMILES string of the molecule is C=C/C(N)=C(\C=C)N1CCN(CC(F)(F)F)CC1.CC. The summed E-state index contributed by atoms with van der Waals surface area (Å²) in [5, 5.41) is 0. The smallest absolute Gasteiger partial charge is 0.397 e. The fourth-order valence-electron chi connectivity index (χ4n) is 1.93. The van der Waals surface area contributed by atoms with Gasteiger partial charge in [-0.15, -0.1) is 0 Å². The predicted octanol–water partition coefficient (Wildman–Crippen LogP) is 2.73. The number of allylic oxidation sites excluding steroid dienone is 2. The van der Waals surface area contributed by atoms with Gasteiger partial charge in [0, 0.05) is 26.2 Å². The van der Waals surface area contributed by atoms with E-state index in [0.717, 1.165) is 5.70 Å². The predicted molar refractivity (Wildman–Crippen MR) is 77.0 cm³/mol. The van der Waals surface area contributed by atoms with E-state index in [1.807, 2.05) is 18.7 Å². The van der Waals surface area contributed by atoms with Crippen molar-refractivity contribution < 1.29 is 13.2 Å². The number of hydrogen-bond donors (Lipinski definition) is 1. The largest absolute Gasteiger partial charge is 0.401 e. The fraction of sp³-hybridized carbons (Fsp3) is 0.571. The summed E-state index contributed by atoms with van der Waals surface area (Å²) < 4.78 is 36.7. The molecule has 0 amide bonds. The summed E-state index contributed by atoms with van der Waals surface area (Å²) in [4.78, 5) is 3.32. The summed E-state index contributed by atoms with van der Waals surface area (Å²) >= 11 is 0. The van der Waals surface area contributed by atoms with Crippen LogP contribution in [0.1, 0.15) is 13.8 Å². The molecule has 0 spiro atoms. The second kappa shape index (κ2) is 8.68. The van der Waals surface area contributed by atoms with Gasteiger partial charge >= 0.3 is 6.18 Å². The molecular weight excluding hydrogens is 267 g/mol. The van der Waals surface area contributed by atoms with Gasteiger partial charge in [-0.05, 0) is 12.2 Å². The first-order valence-electron chi connectivity index (χ1n) is 6.66. The lowest BCUT2D eigenvalue weighted by Crippen LogP contribution is -2.48. The number of halogens is 3. The van der Waals surface area contributed by atoms with E-state index in [0.29, 0.717) is 31.9 Å². The van der Waals surface area contributed by atoms with Crippen LogP contribution >= 0.6 is 0 Å². The van der Waals surface area contributed by atoms with Gasteiger partial charge in [-0.25, -0.2) is 0 Å². The topological polar surface area (TPSA) is 32.5 Å². The Morgan fingerprint density at radius 3 is 1.95 bits per heavy atom. The second-order valence-electron chi connectivity index (χ2n) is 4.13. The van der Waals surface area contributed by atoms with Crippen molar-refractivity contribution in [3.05, 3.63) is 36.7 Å². The van der Waals surface area contributed by atoms with Gasteiger partial charge in [0.15, 0.2) is 0 Å². The Hall–Kier alpha value is -1.43. The summed E-state index contributed by atoms with van der Waals surface area (Å²) in [6, 6.07) is 0. The van der Waals surface area contributed by atoms with Gasteiger partial charge in [0.1, 0.15) is 0 Å². The van der Waals surface area contributed by atoms with E-state index in [-0.39, 0.29) is 0 Å². The van der Waals surface area contributed by atoms with Crippen molar-refractivity contribution in [3.8, 4) is 0 Å². The van der Waals surface area contributed by atoms with Crippen molar-refractivity contribution >= 4 is 0 Å². The standard InChI is InChI=1S/C12H18F3N3.C2H6/c1-3-10(16)11(4-2)18-7-5-17(6-8-18)9-12(13,14)15;1-2/h3-4H,1-2,5-9,16H2;1-2H3/b11-10-;. The summed E-state index contributed by atoms with van der Waals surface area (Å²) in [5.74, 6) is 0. The van der Waals surface area contributed by atoms with Gasteiger partial charge in [-0.2, -0.15) is 13.2 Å². The maximum atomic E-state index is 12.2. The molecule has 1 aliphatic rings.